The minimum Gasteiger partial charge on any atom is -0.496 e. The first-order chi connectivity index (χ1) is 18.4. The van der Waals surface area contributed by atoms with E-state index in [9.17, 15) is 13.2 Å². The largest absolute Gasteiger partial charge is 0.496 e. The summed E-state index contributed by atoms with van der Waals surface area (Å²) in [5.74, 6) is 0.166. The first kappa shape index (κ1) is 26.5. The molecule has 3 aromatic rings. The van der Waals surface area contributed by atoms with Gasteiger partial charge in [-0.15, -0.1) is 0 Å². The van der Waals surface area contributed by atoms with Crippen molar-refractivity contribution in [1.82, 2.24) is 10.0 Å². The van der Waals surface area contributed by atoms with Gasteiger partial charge in [-0.2, -0.15) is 4.72 Å². The number of carbonyl (C=O) groups is 1. The molecule has 0 fully saturated rings. The predicted octanol–water partition coefficient (Wildman–Crippen LogP) is 4.65. The number of benzene rings is 3. The maximum absolute atomic E-state index is 12.9. The highest BCUT2D eigenvalue weighted by molar-refractivity contribution is 7.89. The van der Waals surface area contributed by atoms with Crippen molar-refractivity contribution in [1.29, 1.82) is 0 Å². The number of halogens is 1. The molecule has 0 atom stereocenters. The molecule has 3 N–H and O–H groups in total. The van der Waals surface area contributed by atoms with Gasteiger partial charge >= 0.3 is 0 Å². The Morgan fingerprint density at radius 3 is 2.29 bits per heavy atom. The number of nitrogens with one attached hydrogen (secondary N) is 3. The Morgan fingerprint density at radius 2 is 1.63 bits per heavy atom. The second-order valence-corrected chi connectivity index (χ2v) is 11.9. The summed E-state index contributed by atoms with van der Waals surface area (Å²) in [5.41, 5.74) is 7.96. The number of methoxy groups -OCH3 is 1. The third-order valence-corrected chi connectivity index (χ3v) is 8.99. The van der Waals surface area contributed by atoms with Gasteiger partial charge in [0.25, 0.3) is 5.91 Å². The Balaban J connectivity index is 1.15. The van der Waals surface area contributed by atoms with E-state index < -0.39 is 10.0 Å². The van der Waals surface area contributed by atoms with Gasteiger partial charge in [-0.25, -0.2) is 8.42 Å². The van der Waals surface area contributed by atoms with Gasteiger partial charge in [-0.05, 0) is 103 Å². The number of carbonyl (C=O) groups excluding carboxylic acids is 1. The molecule has 2 aliphatic rings. The Labute approximate surface area is 229 Å². The van der Waals surface area contributed by atoms with Gasteiger partial charge in [0.2, 0.25) is 10.0 Å². The van der Waals surface area contributed by atoms with Gasteiger partial charge in [-0.1, -0.05) is 29.8 Å². The summed E-state index contributed by atoms with van der Waals surface area (Å²) in [4.78, 5) is 12.7. The van der Waals surface area contributed by atoms with E-state index in [0.29, 0.717) is 29.3 Å². The Hall–Kier alpha value is -3.07. The van der Waals surface area contributed by atoms with Crippen molar-refractivity contribution < 1.29 is 17.9 Å². The zero-order valence-corrected chi connectivity index (χ0v) is 23.0. The van der Waals surface area contributed by atoms with Gasteiger partial charge in [-0.3, -0.25) is 4.79 Å². The number of sulfonamides is 1. The van der Waals surface area contributed by atoms with Crippen LogP contribution in [0.5, 0.6) is 5.75 Å². The molecule has 0 heterocycles. The molecular formula is C29H32ClN3O4S. The quantitative estimate of drug-likeness (QED) is 0.318. The lowest BCUT2D eigenvalue weighted by molar-refractivity contribution is 0.0951. The third kappa shape index (κ3) is 5.67. The summed E-state index contributed by atoms with van der Waals surface area (Å²) in [6.45, 7) is 0.528. The summed E-state index contributed by atoms with van der Waals surface area (Å²) in [6.07, 6.45) is 7.17. The second-order valence-electron chi connectivity index (χ2n) is 9.73. The highest BCUT2D eigenvalue weighted by atomic mass is 35.5. The standard InChI is InChI=1S/C29H32ClN3O4S/c1-37-27-13-10-22(30)17-26(27)29(34)31-15-14-19-8-11-23(12-9-19)38(35,36)33-18-32-28-24-6-2-4-20(24)16-21-5-3-7-25(21)28/h8-13,16-17,32-33H,2-7,14-15,18H2,1H3,(H,31,34). The van der Waals surface area contributed by atoms with Crippen LogP contribution >= 0.6 is 11.6 Å². The van der Waals surface area contributed by atoms with Crippen molar-refractivity contribution in [3.63, 3.8) is 0 Å². The molecule has 200 valence electrons. The van der Waals surface area contributed by atoms with E-state index in [4.69, 9.17) is 16.3 Å². The van der Waals surface area contributed by atoms with Gasteiger partial charge in [0.05, 0.1) is 24.2 Å². The lowest BCUT2D eigenvalue weighted by atomic mass is 9.99. The molecule has 0 saturated carbocycles. The minimum atomic E-state index is -3.67. The molecule has 5 rings (SSSR count). The number of anilines is 1. The highest BCUT2D eigenvalue weighted by Crippen LogP contribution is 2.38. The fourth-order valence-electron chi connectivity index (χ4n) is 5.44. The number of hydrogen-bond acceptors (Lipinski definition) is 5. The Bertz CT molecular complexity index is 1420. The topological polar surface area (TPSA) is 96.5 Å². The van der Waals surface area contributed by atoms with Crippen molar-refractivity contribution in [3.05, 3.63) is 86.9 Å². The highest BCUT2D eigenvalue weighted by Gasteiger charge is 2.24. The van der Waals surface area contributed by atoms with Gasteiger partial charge in [0.1, 0.15) is 5.75 Å². The van der Waals surface area contributed by atoms with E-state index in [1.165, 1.54) is 29.4 Å². The van der Waals surface area contributed by atoms with E-state index in [0.717, 1.165) is 49.8 Å². The lowest BCUT2D eigenvalue weighted by Crippen LogP contribution is -2.29. The molecule has 38 heavy (non-hydrogen) atoms. The average Bonchev–Trinajstić information content (AvgIpc) is 3.58. The molecular weight excluding hydrogens is 522 g/mol. The van der Waals surface area contributed by atoms with Crippen LogP contribution in [0.4, 0.5) is 5.69 Å². The van der Waals surface area contributed by atoms with Gasteiger partial charge in [0, 0.05) is 17.3 Å². The summed E-state index contributed by atoms with van der Waals surface area (Å²) in [7, 11) is -2.17. The number of amides is 1. The summed E-state index contributed by atoms with van der Waals surface area (Å²) in [5, 5.41) is 6.71. The number of aryl methyl sites for hydroxylation is 2. The third-order valence-electron chi connectivity index (χ3n) is 7.34. The monoisotopic (exact) mass is 553 g/mol. The average molecular weight is 554 g/mol. The van der Waals surface area contributed by atoms with Crippen molar-refractivity contribution in [2.75, 3.05) is 25.6 Å². The molecule has 0 unspecified atom stereocenters. The van der Waals surface area contributed by atoms with Gasteiger partial charge in [0.15, 0.2) is 0 Å². The summed E-state index contributed by atoms with van der Waals surface area (Å²) in [6, 6.07) is 14.0. The molecule has 0 radical (unpaired) electrons. The van der Waals surface area contributed by atoms with Crippen molar-refractivity contribution in [2.45, 2.75) is 49.8 Å². The molecule has 0 bridgehead atoms. The van der Waals surface area contributed by atoms with Crippen molar-refractivity contribution in [3.8, 4) is 5.75 Å². The molecule has 0 aliphatic heterocycles. The van der Waals surface area contributed by atoms with Crippen molar-refractivity contribution >= 4 is 33.2 Å². The molecule has 1 amide bonds. The van der Waals surface area contributed by atoms with Gasteiger partial charge < -0.3 is 15.4 Å². The first-order valence-electron chi connectivity index (χ1n) is 13.0. The zero-order valence-electron chi connectivity index (χ0n) is 21.4. The Morgan fingerprint density at radius 1 is 0.947 bits per heavy atom. The summed E-state index contributed by atoms with van der Waals surface area (Å²) >= 11 is 6.01. The van der Waals surface area contributed by atoms with E-state index in [2.05, 4.69) is 21.4 Å². The van der Waals surface area contributed by atoms with Crippen LogP contribution in [-0.4, -0.2) is 34.6 Å². The van der Waals surface area contributed by atoms with Crippen molar-refractivity contribution in [2.24, 2.45) is 0 Å². The maximum Gasteiger partial charge on any atom is 0.255 e. The van der Waals surface area contributed by atoms with Crippen LogP contribution in [0.2, 0.25) is 5.02 Å². The molecule has 9 heteroatoms. The molecule has 2 aliphatic carbocycles. The van der Waals surface area contributed by atoms with Crippen LogP contribution in [0.1, 0.15) is 51.0 Å². The lowest BCUT2D eigenvalue weighted by Gasteiger charge is -2.17. The van der Waals surface area contributed by atoms with E-state index in [1.54, 1.807) is 42.5 Å². The predicted molar refractivity (Wildman–Crippen MR) is 150 cm³/mol. The number of hydrogen-bond donors (Lipinski definition) is 3. The zero-order chi connectivity index (χ0) is 26.7. The van der Waals surface area contributed by atoms with Crippen LogP contribution in [0.3, 0.4) is 0 Å². The minimum absolute atomic E-state index is 0.145. The number of ether oxygens (including phenoxy) is 1. The molecule has 3 aromatic carbocycles. The van der Waals surface area contributed by atoms with E-state index >= 15 is 0 Å². The van der Waals surface area contributed by atoms with E-state index in [1.807, 2.05) is 0 Å². The second kappa shape index (κ2) is 11.4. The van der Waals surface area contributed by atoms with Crippen LogP contribution in [0.15, 0.2) is 53.4 Å². The van der Waals surface area contributed by atoms with Crippen LogP contribution in [-0.2, 0) is 42.1 Å². The van der Waals surface area contributed by atoms with Crippen LogP contribution < -0.4 is 20.1 Å². The summed E-state index contributed by atoms with van der Waals surface area (Å²) < 4.78 is 33.8. The molecule has 0 aromatic heterocycles. The Kier molecular flexibility index (Phi) is 7.93. The fraction of sp³-hybridized carbons (Fsp3) is 0.345. The molecule has 7 nitrogen and oxygen atoms in total. The van der Waals surface area contributed by atoms with Crippen LogP contribution in [0.25, 0.3) is 0 Å². The van der Waals surface area contributed by atoms with E-state index in [-0.39, 0.29) is 17.5 Å². The number of rotatable bonds is 10. The number of fused-ring (bicyclic) bond motifs is 2. The molecule has 0 spiro atoms. The smallest absolute Gasteiger partial charge is 0.255 e. The van der Waals surface area contributed by atoms with Crippen LogP contribution in [0, 0.1) is 0 Å². The maximum atomic E-state index is 12.9. The first-order valence-corrected chi connectivity index (χ1v) is 14.8. The fourth-order valence-corrected chi connectivity index (χ4v) is 6.54. The molecule has 0 saturated heterocycles. The normalized spacial score (nSPS) is 14.2. The SMILES string of the molecule is COc1ccc(Cl)cc1C(=O)NCCc1ccc(S(=O)(=O)NCNc2c3c(cc4c2CCC4)CCC3)cc1.